The van der Waals surface area contributed by atoms with Crippen molar-refractivity contribution in [1.82, 2.24) is 9.80 Å². The van der Waals surface area contributed by atoms with Crippen LogP contribution in [0.1, 0.15) is 24.8 Å². The summed E-state index contributed by atoms with van der Waals surface area (Å²) in [4.78, 5) is 16.5. The van der Waals surface area contributed by atoms with Crippen LogP contribution in [-0.2, 0) is 20.9 Å². The average molecular weight is 358 g/mol. The number of piperidine rings is 1. The van der Waals surface area contributed by atoms with Gasteiger partial charge in [-0.05, 0) is 38.9 Å². The number of ether oxygens (including phenoxy) is 2. The van der Waals surface area contributed by atoms with Crippen LogP contribution in [-0.4, -0.2) is 67.7 Å². The van der Waals surface area contributed by atoms with Gasteiger partial charge in [0, 0.05) is 32.3 Å². The van der Waals surface area contributed by atoms with Crippen LogP contribution in [0.2, 0.25) is 0 Å². The van der Waals surface area contributed by atoms with Crippen molar-refractivity contribution in [2.45, 2.75) is 37.6 Å². The van der Waals surface area contributed by atoms with E-state index in [1.165, 1.54) is 0 Å². The topological polar surface area (TPSA) is 42.0 Å². The molecule has 2 aliphatic heterocycles. The van der Waals surface area contributed by atoms with Gasteiger partial charge in [-0.25, -0.2) is 0 Å². The second-order valence-electron chi connectivity index (χ2n) is 7.50. The number of benzene rings is 1. The third-order valence-corrected chi connectivity index (χ3v) is 5.25. The van der Waals surface area contributed by atoms with Crippen molar-refractivity contribution in [2.75, 3.05) is 40.3 Å². The predicted octanol–water partition coefficient (Wildman–Crippen LogP) is 2.47. The molecule has 5 nitrogen and oxygen atoms in total. The predicted molar refractivity (Wildman–Crippen MR) is 102 cm³/mol. The maximum Gasteiger partial charge on any atom is 0.246 e. The summed E-state index contributed by atoms with van der Waals surface area (Å²) in [6.45, 7) is 3.44. The maximum atomic E-state index is 12.5. The smallest absolute Gasteiger partial charge is 0.246 e. The lowest BCUT2D eigenvalue weighted by molar-refractivity contribution is -0.165. The van der Waals surface area contributed by atoms with Crippen molar-refractivity contribution in [1.29, 1.82) is 0 Å². The first-order chi connectivity index (χ1) is 12.6. The highest BCUT2D eigenvalue weighted by atomic mass is 16.6. The summed E-state index contributed by atoms with van der Waals surface area (Å²) in [6, 6.07) is 10.2. The van der Waals surface area contributed by atoms with E-state index in [-0.39, 0.29) is 17.6 Å². The molecular weight excluding hydrogens is 328 g/mol. The van der Waals surface area contributed by atoms with Gasteiger partial charge in [0.25, 0.3) is 0 Å². The van der Waals surface area contributed by atoms with Crippen molar-refractivity contribution < 1.29 is 14.3 Å². The number of amides is 1. The van der Waals surface area contributed by atoms with Crippen molar-refractivity contribution in [3.05, 3.63) is 48.0 Å². The highest BCUT2D eigenvalue weighted by Gasteiger charge is 2.47. The van der Waals surface area contributed by atoms with E-state index in [1.807, 2.05) is 48.2 Å². The molecule has 1 aromatic carbocycles. The Balaban J connectivity index is 1.64. The fraction of sp³-hybridized carbons (Fsp3) is 0.571. The van der Waals surface area contributed by atoms with Crippen LogP contribution in [0.25, 0.3) is 0 Å². The Morgan fingerprint density at radius 1 is 1.35 bits per heavy atom. The van der Waals surface area contributed by atoms with E-state index in [2.05, 4.69) is 12.1 Å². The van der Waals surface area contributed by atoms with E-state index in [1.54, 1.807) is 6.08 Å². The summed E-state index contributed by atoms with van der Waals surface area (Å²) in [5, 5.41) is 0. The summed E-state index contributed by atoms with van der Waals surface area (Å²) in [6.07, 6.45) is 6.46. The maximum absolute atomic E-state index is 12.5. The second kappa shape index (κ2) is 8.80. The summed E-state index contributed by atoms with van der Waals surface area (Å²) in [7, 11) is 3.98. The van der Waals surface area contributed by atoms with Crippen molar-refractivity contribution in [3.63, 3.8) is 0 Å². The number of hydrogen-bond acceptors (Lipinski definition) is 4. The molecule has 5 heteroatoms. The zero-order valence-corrected chi connectivity index (χ0v) is 15.9. The molecule has 1 spiro atoms. The molecule has 2 saturated heterocycles. The molecule has 2 fully saturated rings. The molecule has 1 aromatic rings. The summed E-state index contributed by atoms with van der Waals surface area (Å²) < 4.78 is 12.4. The molecule has 2 atom stereocenters. The summed E-state index contributed by atoms with van der Waals surface area (Å²) >= 11 is 0. The Morgan fingerprint density at radius 2 is 2.15 bits per heavy atom. The van der Waals surface area contributed by atoms with Gasteiger partial charge in [0.1, 0.15) is 6.10 Å². The highest BCUT2D eigenvalue weighted by Crippen LogP contribution is 2.38. The fourth-order valence-corrected chi connectivity index (χ4v) is 3.76. The quantitative estimate of drug-likeness (QED) is 0.733. The molecule has 0 aliphatic carbocycles. The van der Waals surface area contributed by atoms with E-state index in [0.29, 0.717) is 13.2 Å². The van der Waals surface area contributed by atoms with Gasteiger partial charge < -0.3 is 19.3 Å². The molecule has 2 heterocycles. The molecule has 1 amide bonds. The van der Waals surface area contributed by atoms with Crippen LogP contribution in [0.5, 0.6) is 0 Å². The molecule has 26 heavy (non-hydrogen) atoms. The van der Waals surface area contributed by atoms with E-state index < -0.39 is 0 Å². The standard InChI is InChI=1S/C21H30N2O3/c1-22(2)13-6-10-20(24)23-14-12-21(11-7-15-26-21)19(16-23)25-17-18-8-4-3-5-9-18/h3-6,8-10,19H,7,11-17H2,1-2H3/b10-6+/t19-,21+/m0/s1. The van der Waals surface area contributed by atoms with E-state index in [9.17, 15) is 4.79 Å². The van der Waals surface area contributed by atoms with E-state index in [4.69, 9.17) is 9.47 Å². The van der Waals surface area contributed by atoms with Crippen LogP contribution in [0, 0.1) is 0 Å². The molecule has 0 radical (unpaired) electrons. The van der Waals surface area contributed by atoms with E-state index >= 15 is 0 Å². The lowest BCUT2D eigenvalue weighted by Crippen LogP contribution is -2.57. The molecule has 3 rings (SSSR count). The first kappa shape index (κ1) is 19.1. The summed E-state index contributed by atoms with van der Waals surface area (Å²) in [5.74, 6) is 0.0630. The largest absolute Gasteiger partial charge is 0.372 e. The van der Waals surface area contributed by atoms with Crippen molar-refractivity contribution in [2.24, 2.45) is 0 Å². The third kappa shape index (κ3) is 4.72. The number of hydrogen-bond donors (Lipinski definition) is 0. The van der Waals surface area contributed by atoms with Crippen LogP contribution >= 0.6 is 0 Å². The Morgan fingerprint density at radius 3 is 2.85 bits per heavy atom. The van der Waals surface area contributed by atoms with Crippen molar-refractivity contribution in [3.8, 4) is 0 Å². The summed E-state index contributed by atoms with van der Waals surface area (Å²) in [5.41, 5.74) is 0.925. The minimum atomic E-state index is -0.223. The number of carbonyl (C=O) groups is 1. The van der Waals surface area contributed by atoms with Crippen LogP contribution < -0.4 is 0 Å². The molecule has 0 bridgehead atoms. The molecular formula is C21H30N2O3. The Hall–Kier alpha value is -1.69. The normalized spacial score (nSPS) is 26.3. The lowest BCUT2D eigenvalue weighted by Gasteiger charge is -2.44. The van der Waals surface area contributed by atoms with Crippen LogP contribution in [0.3, 0.4) is 0 Å². The van der Waals surface area contributed by atoms with Crippen LogP contribution in [0.4, 0.5) is 0 Å². The second-order valence-corrected chi connectivity index (χ2v) is 7.50. The first-order valence-corrected chi connectivity index (χ1v) is 9.49. The van der Waals surface area contributed by atoms with Gasteiger partial charge in [-0.2, -0.15) is 0 Å². The van der Waals surface area contributed by atoms with Gasteiger partial charge in [0.2, 0.25) is 5.91 Å². The van der Waals surface area contributed by atoms with Gasteiger partial charge in [0.05, 0.1) is 12.2 Å². The molecule has 0 unspecified atom stereocenters. The lowest BCUT2D eigenvalue weighted by atomic mass is 9.85. The third-order valence-electron chi connectivity index (χ3n) is 5.25. The van der Waals surface area contributed by atoms with Crippen LogP contribution in [0.15, 0.2) is 42.5 Å². The highest BCUT2D eigenvalue weighted by molar-refractivity contribution is 5.87. The number of likely N-dealkylation sites (N-methyl/N-ethyl adjacent to an activating group) is 1. The Kier molecular flexibility index (Phi) is 6.46. The fourth-order valence-electron chi connectivity index (χ4n) is 3.76. The Labute approximate surface area is 156 Å². The first-order valence-electron chi connectivity index (χ1n) is 9.49. The number of rotatable bonds is 6. The molecule has 2 aliphatic rings. The minimum Gasteiger partial charge on any atom is -0.372 e. The van der Waals surface area contributed by atoms with Gasteiger partial charge in [-0.3, -0.25) is 4.79 Å². The number of nitrogens with zero attached hydrogens (tertiary/aromatic N) is 2. The average Bonchev–Trinajstić information content (AvgIpc) is 3.10. The van der Waals surface area contributed by atoms with Crippen molar-refractivity contribution >= 4 is 5.91 Å². The zero-order chi connectivity index (χ0) is 18.4. The molecule has 0 saturated carbocycles. The molecule has 0 N–H and O–H groups in total. The number of likely N-dealkylation sites (tertiary alicyclic amines) is 1. The monoisotopic (exact) mass is 358 g/mol. The van der Waals surface area contributed by atoms with E-state index in [0.717, 1.165) is 44.5 Å². The molecule has 142 valence electrons. The van der Waals surface area contributed by atoms with Gasteiger partial charge >= 0.3 is 0 Å². The number of carbonyl (C=O) groups excluding carboxylic acids is 1. The zero-order valence-electron chi connectivity index (χ0n) is 15.9. The minimum absolute atomic E-state index is 0.0630. The van der Waals surface area contributed by atoms with Gasteiger partial charge in [-0.1, -0.05) is 36.4 Å². The van der Waals surface area contributed by atoms with Gasteiger partial charge in [-0.15, -0.1) is 0 Å². The Bertz CT molecular complexity index is 609. The molecule has 0 aromatic heterocycles. The van der Waals surface area contributed by atoms with Gasteiger partial charge in [0.15, 0.2) is 0 Å². The SMILES string of the molecule is CN(C)C/C=C/C(=O)N1CC[C@]2(CCCO2)[C@@H](OCc2ccccc2)C1.